The first-order valence-electron chi connectivity index (χ1n) is 7.67. The van der Waals surface area contributed by atoms with Gasteiger partial charge in [-0.25, -0.2) is 0 Å². The van der Waals surface area contributed by atoms with Crippen LogP contribution in [0, 0.1) is 0 Å². The van der Waals surface area contributed by atoms with Crippen LogP contribution in [0.2, 0.25) is 0 Å². The SMILES string of the molecule is CN(C)Cc1ccc(-c2ccc(C(=O)c3ccc(Br)cc3)s2)cc1. The van der Waals surface area contributed by atoms with Crippen molar-refractivity contribution in [1.29, 1.82) is 0 Å². The molecule has 0 N–H and O–H groups in total. The lowest BCUT2D eigenvalue weighted by atomic mass is 10.1. The summed E-state index contributed by atoms with van der Waals surface area (Å²) in [5.41, 5.74) is 3.15. The fraction of sp³-hybridized carbons (Fsp3) is 0.150. The summed E-state index contributed by atoms with van der Waals surface area (Å²) in [4.78, 5) is 16.6. The van der Waals surface area contributed by atoms with Gasteiger partial charge in [0.1, 0.15) is 0 Å². The molecule has 0 aliphatic rings. The number of halogens is 1. The molecule has 0 fully saturated rings. The largest absolute Gasteiger partial charge is 0.305 e. The van der Waals surface area contributed by atoms with E-state index in [1.54, 1.807) is 11.3 Å². The van der Waals surface area contributed by atoms with Crippen molar-refractivity contribution in [2.24, 2.45) is 0 Å². The summed E-state index contributed by atoms with van der Waals surface area (Å²) < 4.78 is 0.976. The molecule has 0 amide bonds. The molecule has 2 aromatic carbocycles. The molecule has 1 aromatic heterocycles. The summed E-state index contributed by atoms with van der Waals surface area (Å²) in [5, 5.41) is 0. The Kier molecular flexibility index (Phi) is 5.29. The summed E-state index contributed by atoms with van der Waals surface area (Å²) in [7, 11) is 4.13. The Balaban J connectivity index is 1.80. The van der Waals surface area contributed by atoms with E-state index < -0.39 is 0 Å². The Morgan fingerprint density at radius 1 is 0.958 bits per heavy atom. The molecule has 122 valence electrons. The van der Waals surface area contributed by atoms with Gasteiger partial charge in [0.2, 0.25) is 5.78 Å². The summed E-state index contributed by atoms with van der Waals surface area (Å²) in [6.07, 6.45) is 0. The van der Waals surface area contributed by atoms with Crippen LogP contribution in [0.4, 0.5) is 0 Å². The van der Waals surface area contributed by atoms with Gasteiger partial charge in [-0.3, -0.25) is 4.79 Å². The number of thiophene rings is 1. The van der Waals surface area contributed by atoms with Gasteiger partial charge in [-0.15, -0.1) is 11.3 Å². The second-order valence-corrected chi connectivity index (χ2v) is 7.93. The predicted octanol–water partition coefficient (Wildman–Crippen LogP) is 5.47. The van der Waals surface area contributed by atoms with Crippen LogP contribution in [0.3, 0.4) is 0 Å². The van der Waals surface area contributed by atoms with Crippen LogP contribution in [0.1, 0.15) is 20.8 Å². The Labute approximate surface area is 154 Å². The summed E-state index contributed by atoms with van der Waals surface area (Å²) >= 11 is 4.94. The Bertz CT molecular complexity index is 835. The molecule has 0 atom stereocenters. The maximum atomic E-state index is 12.6. The minimum atomic E-state index is 0.0722. The highest BCUT2D eigenvalue weighted by Crippen LogP contribution is 2.30. The van der Waals surface area contributed by atoms with Crippen LogP contribution in [-0.4, -0.2) is 24.8 Å². The molecule has 0 saturated heterocycles. The predicted molar refractivity (Wildman–Crippen MR) is 105 cm³/mol. The summed E-state index contributed by atoms with van der Waals surface area (Å²) in [6.45, 7) is 0.929. The second kappa shape index (κ2) is 7.43. The lowest BCUT2D eigenvalue weighted by Crippen LogP contribution is -2.10. The van der Waals surface area contributed by atoms with Gasteiger partial charge in [0.25, 0.3) is 0 Å². The van der Waals surface area contributed by atoms with Crippen LogP contribution >= 0.6 is 27.3 Å². The molecule has 0 unspecified atom stereocenters. The number of hydrogen-bond donors (Lipinski definition) is 0. The molecule has 1 heterocycles. The van der Waals surface area contributed by atoms with Crippen molar-refractivity contribution in [1.82, 2.24) is 4.90 Å². The zero-order valence-electron chi connectivity index (χ0n) is 13.6. The zero-order valence-corrected chi connectivity index (χ0v) is 16.0. The maximum Gasteiger partial charge on any atom is 0.202 e. The Morgan fingerprint density at radius 2 is 1.62 bits per heavy atom. The molecule has 0 bridgehead atoms. The van der Waals surface area contributed by atoms with Gasteiger partial charge in [-0.1, -0.05) is 40.2 Å². The van der Waals surface area contributed by atoms with E-state index >= 15 is 0 Å². The van der Waals surface area contributed by atoms with E-state index in [2.05, 4.69) is 59.2 Å². The normalized spacial score (nSPS) is 11.0. The summed E-state index contributed by atoms with van der Waals surface area (Å²) in [6, 6.07) is 20.0. The van der Waals surface area contributed by atoms with E-state index in [-0.39, 0.29) is 5.78 Å². The number of nitrogens with zero attached hydrogens (tertiary/aromatic N) is 1. The van der Waals surface area contributed by atoms with Crippen molar-refractivity contribution in [2.75, 3.05) is 14.1 Å². The highest BCUT2D eigenvalue weighted by Gasteiger charge is 2.12. The van der Waals surface area contributed by atoms with Crippen LogP contribution < -0.4 is 0 Å². The topological polar surface area (TPSA) is 20.3 Å². The number of carbonyl (C=O) groups is 1. The highest BCUT2D eigenvalue weighted by molar-refractivity contribution is 9.10. The summed E-state index contributed by atoms with van der Waals surface area (Å²) in [5.74, 6) is 0.0722. The van der Waals surface area contributed by atoms with Crippen LogP contribution in [0.25, 0.3) is 10.4 Å². The molecular formula is C20H18BrNOS. The molecule has 24 heavy (non-hydrogen) atoms. The number of hydrogen-bond acceptors (Lipinski definition) is 3. The number of benzene rings is 2. The molecule has 4 heteroatoms. The molecular weight excluding hydrogens is 382 g/mol. The van der Waals surface area contributed by atoms with Gasteiger partial charge < -0.3 is 4.90 Å². The molecule has 0 radical (unpaired) electrons. The molecule has 2 nitrogen and oxygen atoms in total. The smallest absolute Gasteiger partial charge is 0.202 e. The van der Waals surface area contributed by atoms with Gasteiger partial charge >= 0.3 is 0 Å². The van der Waals surface area contributed by atoms with Gasteiger partial charge in [-0.2, -0.15) is 0 Å². The number of ketones is 1. The van der Waals surface area contributed by atoms with Gasteiger partial charge in [-0.05, 0) is 61.6 Å². The zero-order chi connectivity index (χ0) is 17.1. The maximum absolute atomic E-state index is 12.6. The fourth-order valence-electron chi connectivity index (χ4n) is 2.50. The third-order valence-corrected chi connectivity index (χ3v) is 5.34. The first-order chi connectivity index (χ1) is 11.5. The van der Waals surface area contributed by atoms with Gasteiger partial charge in [0.15, 0.2) is 0 Å². The van der Waals surface area contributed by atoms with Crippen molar-refractivity contribution in [3.05, 3.63) is 81.1 Å². The van der Waals surface area contributed by atoms with E-state index in [1.165, 1.54) is 5.56 Å². The second-order valence-electron chi connectivity index (χ2n) is 5.93. The Hall–Kier alpha value is -1.75. The van der Waals surface area contributed by atoms with Crippen LogP contribution in [0.15, 0.2) is 65.1 Å². The van der Waals surface area contributed by atoms with Crippen molar-refractivity contribution in [3.63, 3.8) is 0 Å². The minimum absolute atomic E-state index is 0.0722. The van der Waals surface area contributed by atoms with E-state index in [1.807, 2.05) is 36.4 Å². The molecule has 0 aliphatic heterocycles. The molecule has 3 rings (SSSR count). The van der Waals surface area contributed by atoms with Crippen molar-refractivity contribution in [3.8, 4) is 10.4 Å². The van der Waals surface area contributed by atoms with Crippen LogP contribution in [0.5, 0.6) is 0 Å². The number of rotatable bonds is 5. The molecule has 0 saturated carbocycles. The molecule has 0 aliphatic carbocycles. The third-order valence-electron chi connectivity index (χ3n) is 3.67. The van der Waals surface area contributed by atoms with Crippen molar-refractivity contribution < 1.29 is 4.79 Å². The number of carbonyl (C=O) groups excluding carboxylic acids is 1. The van der Waals surface area contributed by atoms with E-state index in [4.69, 9.17) is 0 Å². The quantitative estimate of drug-likeness (QED) is 0.530. The third kappa shape index (κ3) is 4.01. The average molecular weight is 400 g/mol. The van der Waals surface area contributed by atoms with Gasteiger partial charge in [0.05, 0.1) is 4.88 Å². The first kappa shape index (κ1) is 17.1. The standard InChI is InChI=1S/C20H18BrNOS/c1-22(2)13-14-3-5-15(6-4-14)18-11-12-19(24-18)20(23)16-7-9-17(21)10-8-16/h3-12H,13H2,1-2H3. The first-order valence-corrected chi connectivity index (χ1v) is 9.28. The van der Waals surface area contributed by atoms with Crippen molar-refractivity contribution in [2.45, 2.75) is 6.54 Å². The highest BCUT2D eigenvalue weighted by atomic mass is 79.9. The molecule has 3 aromatic rings. The molecule has 0 spiro atoms. The van der Waals surface area contributed by atoms with Crippen molar-refractivity contribution >= 4 is 33.0 Å². The fourth-order valence-corrected chi connectivity index (χ4v) is 3.74. The van der Waals surface area contributed by atoms with Crippen LogP contribution in [-0.2, 0) is 6.54 Å². The van der Waals surface area contributed by atoms with E-state index in [9.17, 15) is 4.79 Å². The van der Waals surface area contributed by atoms with Gasteiger partial charge in [0, 0.05) is 21.5 Å². The van der Waals surface area contributed by atoms with E-state index in [0.717, 1.165) is 26.3 Å². The Morgan fingerprint density at radius 3 is 2.25 bits per heavy atom. The van der Waals surface area contributed by atoms with E-state index in [0.29, 0.717) is 5.56 Å². The lowest BCUT2D eigenvalue weighted by Gasteiger charge is -2.09. The monoisotopic (exact) mass is 399 g/mol. The lowest BCUT2D eigenvalue weighted by molar-refractivity contribution is 0.104. The average Bonchev–Trinajstić information content (AvgIpc) is 3.05. The minimum Gasteiger partial charge on any atom is -0.305 e.